The van der Waals surface area contributed by atoms with E-state index >= 15 is 0 Å². The average Bonchev–Trinajstić information content (AvgIpc) is 2.53. The second-order valence-electron chi connectivity index (χ2n) is 5.74. The Morgan fingerprint density at radius 1 is 1.05 bits per heavy atom. The minimum atomic E-state index is 0.0951. The summed E-state index contributed by atoms with van der Waals surface area (Å²) in [6, 6.07) is 8.22. The van der Waals surface area contributed by atoms with Gasteiger partial charge in [-0.2, -0.15) is 0 Å². The molecule has 1 aromatic rings. The zero-order chi connectivity index (χ0) is 14.9. The van der Waals surface area contributed by atoms with Gasteiger partial charge in [0.05, 0.1) is 0 Å². The molecule has 0 spiro atoms. The zero-order valence-electron chi connectivity index (χ0n) is 12.8. The molecule has 4 nitrogen and oxygen atoms in total. The monoisotopic (exact) mass is 289 g/mol. The summed E-state index contributed by atoms with van der Waals surface area (Å²) in [5.74, 6) is 0.0951. The third-order valence-corrected chi connectivity index (χ3v) is 3.98. The van der Waals surface area contributed by atoms with Gasteiger partial charge in [-0.05, 0) is 62.9 Å². The molecule has 21 heavy (non-hydrogen) atoms. The molecule has 1 aliphatic heterocycles. The molecular weight excluding hydrogens is 262 g/mol. The van der Waals surface area contributed by atoms with Crippen LogP contribution in [-0.2, 0) is 4.79 Å². The molecule has 1 fully saturated rings. The van der Waals surface area contributed by atoms with Gasteiger partial charge in [-0.25, -0.2) is 0 Å². The number of hydrogen-bond acceptors (Lipinski definition) is 3. The molecule has 0 unspecified atom stereocenters. The fraction of sp³-hybridized carbons (Fsp3) is 0.588. The van der Waals surface area contributed by atoms with E-state index in [-0.39, 0.29) is 5.91 Å². The van der Waals surface area contributed by atoms with Crippen molar-refractivity contribution < 1.29 is 4.79 Å². The normalized spacial score (nSPS) is 15.0. The summed E-state index contributed by atoms with van der Waals surface area (Å²) in [5, 5.41) is 2.96. The first-order valence-corrected chi connectivity index (χ1v) is 8.14. The van der Waals surface area contributed by atoms with Gasteiger partial charge in [-0.15, -0.1) is 0 Å². The first-order chi connectivity index (χ1) is 10.3. The second-order valence-corrected chi connectivity index (χ2v) is 5.74. The van der Waals surface area contributed by atoms with Crippen molar-refractivity contribution in [1.29, 1.82) is 0 Å². The molecule has 1 aliphatic rings. The first-order valence-electron chi connectivity index (χ1n) is 8.14. The molecule has 1 amide bonds. The van der Waals surface area contributed by atoms with Crippen molar-refractivity contribution in [3.8, 4) is 0 Å². The number of carbonyl (C=O) groups excluding carboxylic acids is 1. The number of unbranched alkanes of at least 4 members (excludes halogenated alkanes) is 2. The lowest BCUT2D eigenvalue weighted by molar-refractivity contribution is -0.116. The summed E-state index contributed by atoms with van der Waals surface area (Å²) < 4.78 is 0. The summed E-state index contributed by atoms with van der Waals surface area (Å²) >= 11 is 0. The van der Waals surface area contributed by atoms with Gasteiger partial charge in [0.25, 0.3) is 0 Å². The maximum absolute atomic E-state index is 11.8. The summed E-state index contributed by atoms with van der Waals surface area (Å²) in [7, 11) is 0. The number of benzene rings is 1. The Hall–Kier alpha value is -1.55. The molecule has 0 aliphatic carbocycles. The van der Waals surface area contributed by atoms with Crippen LogP contribution in [0.25, 0.3) is 0 Å². The number of anilines is 2. The number of rotatable bonds is 7. The Bertz CT molecular complexity index is 424. The second kappa shape index (κ2) is 8.67. The number of amides is 1. The number of hydrogen-bond donors (Lipinski definition) is 2. The molecule has 0 bridgehead atoms. The van der Waals surface area contributed by atoms with Crippen molar-refractivity contribution >= 4 is 17.3 Å². The van der Waals surface area contributed by atoms with E-state index < -0.39 is 0 Å². The maximum atomic E-state index is 11.8. The molecule has 0 saturated carbocycles. The third-order valence-electron chi connectivity index (χ3n) is 3.98. The molecule has 0 aromatic heterocycles. The van der Waals surface area contributed by atoms with Crippen molar-refractivity contribution in [2.45, 2.75) is 44.9 Å². The van der Waals surface area contributed by atoms with Crippen molar-refractivity contribution in [1.82, 2.24) is 0 Å². The molecule has 3 N–H and O–H groups in total. The van der Waals surface area contributed by atoms with Crippen LogP contribution >= 0.6 is 0 Å². The molecule has 2 rings (SSSR count). The predicted octanol–water partition coefficient (Wildman–Crippen LogP) is 3.13. The Balaban J connectivity index is 1.77. The number of piperidine rings is 1. The van der Waals surface area contributed by atoms with Crippen LogP contribution in [0.15, 0.2) is 24.3 Å². The van der Waals surface area contributed by atoms with Crippen LogP contribution in [0.4, 0.5) is 11.4 Å². The third kappa shape index (κ3) is 5.38. The lowest BCUT2D eigenvalue weighted by Crippen LogP contribution is -2.29. The smallest absolute Gasteiger partial charge is 0.224 e. The van der Waals surface area contributed by atoms with Crippen LogP contribution in [-0.4, -0.2) is 25.5 Å². The van der Waals surface area contributed by atoms with E-state index in [1.165, 1.54) is 24.9 Å². The van der Waals surface area contributed by atoms with Crippen LogP contribution in [0.3, 0.4) is 0 Å². The van der Waals surface area contributed by atoms with Gasteiger partial charge in [0.1, 0.15) is 0 Å². The maximum Gasteiger partial charge on any atom is 0.224 e. The van der Waals surface area contributed by atoms with Crippen LogP contribution in [0.5, 0.6) is 0 Å². The molecule has 116 valence electrons. The zero-order valence-corrected chi connectivity index (χ0v) is 12.8. The summed E-state index contributed by atoms with van der Waals surface area (Å²) in [5.41, 5.74) is 7.59. The highest BCUT2D eigenvalue weighted by atomic mass is 16.1. The SMILES string of the molecule is NCCCCCC(=O)Nc1ccc(N2CCCCC2)cc1. The van der Waals surface area contributed by atoms with Gasteiger partial charge < -0.3 is 16.0 Å². The Morgan fingerprint density at radius 3 is 2.43 bits per heavy atom. The average molecular weight is 289 g/mol. The highest BCUT2D eigenvalue weighted by molar-refractivity contribution is 5.90. The van der Waals surface area contributed by atoms with Crippen molar-refractivity contribution in [3.63, 3.8) is 0 Å². The molecule has 1 heterocycles. The van der Waals surface area contributed by atoms with E-state index in [4.69, 9.17) is 5.73 Å². The highest BCUT2D eigenvalue weighted by Gasteiger charge is 2.10. The largest absolute Gasteiger partial charge is 0.372 e. The minimum absolute atomic E-state index is 0.0951. The van der Waals surface area contributed by atoms with E-state index in [9.17, 15) is 4.79 Å². The Labute approximate surface area is 127 Å². The molecule has 0 atom stereocenters. The number of carbonyl (C=O) groups is 1. The van der Waals surface area contributed by atoms with E-state index in [2.05, 4.69) is 22.3 Å². The minimum Gasteiger partial charge on any atom is -0.372 e. The van der Waals surface area contributed by atoms with E-state index in [1.54, 1.807) is 0 Å². The van der Waals surface area contributed by atoms with E-state index in [0.29, 0.717) is 13.0 Å². The fourth-order valence-corrected chi connectivity index (χ4v) is 2.74. The number of nitrogens with two attached hydrogens (primary N) is 1. The van der Waals surface area contributed by atoms with Crippen LogP contribution < -0.4 is 16.0 Å². The molecule has 4 heteroatoms. The summed E-state index contributed by atoms with van der Waals surface area (Å²) in [6.45, 7) is 3.00. The van der Waals surface area contributed by atoms with Crippen molar-refractivity contribution in [2.24, 2.45) is 5.73 Å². The van der Waals surface area contributed by atoms with Crippen LogP contribution in [0.2, 0.25) is 0 Å². The van der Waals surface area contributed by atoms with Gasteiger partial charge in [0.15, 0.2) is 0 Å². The van der Waals surface area contributed by atoms with Crippen molar-refractivity contribution in [3.05, 3.63) is 24.3 Å². The van der Waals surface area contributed by atoms with Gasteiger partial charge in [-0.1, -0.05) is 6.42 Å². The fourth-order valence-electron chi connectivity index (χ4n) is 2.74. The van der Waals surface area contributed by atoms with Gasteiger partial charge in [0, 0.05) is 30.9 Å². The lowest BCUT2D eigenvalue weighted by Gasteiger charge is -2.28. The Morgan fingerprint density at radius 2 is 1.76 bits per heavy atom. The number of nitrogens with one attached hydrogen (secondary N) is 1. The first kappa shape index (κ1) is 15.8. The van der Waals surface area contributed by atoms with Gasteiger partial charge in [0.2, 0.25) is 5.91 Å². The quantitative estimate of drug-likeness (QED) is 0.758. The summed E-state index contributed by atoms with van der Waals surface area (Å²) in [4.78, 5) is 14.2. The molecule has 1 aromatic carbocycles. The van der Waals surface area contributed by atoms with E-state index in [0.717, 1.165) is 38.0 Å². The van der Waals surface area contributed by atoms with E-state index in [1.807, 2.05) is 12.1 Å². The number of nitrogens with zero attached hydrogens (tertiary/aromatic N) is 1. The Kier molecular flexibility index (Phi) is 6.54. The molecular formula is C17H27N3O. The summed E-state index contributed by atoms with van der Waals surface area (Å²) in [6.07, 6.45) is 7.41. The van der Waals surface area contributed by atoms with Crippen LogP contribution in [0, 0.1) is 0 Å². The molecule has 1 saturated heterocycles. The topological polar surface area (TPSA) is 58.4 Å². The lowest BCUT2D eigenvalue weighted by atomic mass is 10.1. The highest BCUT2D eigenvalue weighted by Crippen LogP contribution is 2.21. The predicted molar refractivity (Wildman–Crippen MR) is 88.7 cm³/mol. The van der Waals surface area contributed by atoms with Crippen molar-refractivity contribution in [2.75, 3.05) is 29.9 Å². The molecule has 0 radical (unpaired) electrons. The van der Waals surface area contributed by atoms with Gasteiger partial charge in [-0.3, -0.25) is 4.79 Å². The van der Waals surface area contributed by atoms with Crippen LogP contribution in [0.1, 0.15) is 44.9 Å². The standard InChI is InChI=1S/C17H27N3O/c18-12-4-1-3-7-17(21)19-15-8-10-16(11-9-15)20-13-5-2-6-14-20/h8-11H,1-7,12-14,18H2,(H,19,21). The van der Waals surface area contributed by atoms with Gasteiger partial charge >= 0.3 is 0 Å².